The lowest BCUT2D eigenvalue weighted by Crippen LogP contribution is -2.30. The Balaban J connectivity index is 5.27. The van der Waals surface area contributed by atoms with Gasteiger partial charge >= 0.3 is 39.5 Å². The van der Waals surface area contributed by atoms with Crippen LogP contribution in [0.1, 0.15) is 363 Å². The van der Waals surface area contributed by atoms with E-state index in [0.29, 0.717) is 31.6 Å². The summed E-state index contributed by atoms with van der Waals surface area (Å²) in [4.78, 5) is 72.7. The quantitative estimate of drug-likeness (QED) is 0.0169. The Morgan fingerprint density at radius 1 is 0.351 bits per heavy atom. The first-order chi connectivity index (χ1) is 45.4. The molecule has 554 valence electrons. The zero-order valence-electron chi connectivity index (χ0n) is 60.7. The van der Waals surface area contributed by atoms with Crippen molar-refractivity contribution in [2.75, 3.05) is 39.6 Å². The lowest BCUT2D eigenvalue weighted by molar-refractivity contribution is -0.161. The fourth-order valence-corrected chi connectivity index (χ4v) is 12.5. The van der Waals surface area contributed by atoms with Crippen LogP contribution in [0, 0.1) is 11.8 Å². The van der Waals surface area contributed by atoms with Gasteiger partial charge in [-0.1, -0.05) is 310 Å². The van der Waals surface area contributed by atoms with E-state index in [0.717, 1.165) is 121 Å². The number of hydrogen-bond acceptors (Lipinski definition) is 15. The highest BCUT2D eigenvalue weighted by atomic mass is 31.2. The molecule has 0 rings (SSSR count). The third-order valence-electron chi connectivity index (χ3n) is 17.2. The first-order valence-corrected chi connectivity index (χ1v) is 41.3. The highest BCUT2D eigenvalue weighted by molar-refractivity contribution is 7.47. The zero-order chi connectivity index (χ0) is 69.3. The Hall–Kier alpha value is -2.46. The van der Waals surface area contributed by atoms with Crippen molar-refractivity contribution in [2.24, 2.45) is 11.8 Å². The molecule has 94 heavy (non-hydrogen) atoms. The Morgan fingerprint density at radius 3 is 0.957 bits per heavy atom. The summed E-state index contributed by atoms with van der Waals surface area (Å²) in [5, 5.41) is 10.6. The van der Waals surface area contributed by atoms with Crippen LogP contribution in [0.2, 0.25) is 0 Å². The number of hydrogen-bond donors (Lipinski definition) is 3. The minimum Gasteiger partial charge on any atom is -0.462 e. The number of carbonyl (C=O) groups excluding carboxylic acids is 4. The Morgan fingerprint density at radius 2 is 0.628 bits per heavy atom. The van der Waals surface area contributed by atoms with Crippen LogP contribution in [0.4, 0.5) is 0 Å². The van der Waals surface area contributed by atoms with Gasteiger partial charge in [-0.15, -0.1) is 0 Å². The standard InChI is InChI=1S/C75H142O17P2/c1-7-10-12-14-16-18-20-21-22-26-30-33-39-45-51-57-72(77)85-63-70(91-75(80)60-54-48-41-35-31-27-24-23-25-29-32-38-44-50-56-68(6)9-3)65-89-93(81,82)87-61-69(76)62-88-94(83,84)90-66-71(64-86-73(78)58-52-46-42-36-37-43-49-55-67(4)5)92-74(79)59-53-47-40-34-28-19-17-15-13-11-8-2/h18,20-22,67-71,76H,7-17,19,23-66H2,1-6H3,(H,81,82)(H,83,84)/b20-18-,22-21-/t68?,69-,70-,71-/m1/s1. The van der Waals surface area contributed by atoms with Crippen LogP contribution in [-0.4, -0.2) is 96.7 Å². The van der Waals surface area contributed by atoms with E-state index in [4.69, 9.17) is 37.0 Å². The van der Waals surface area contributed by atoms with Crippen molar-refractivity contribution in [2.45, 2.75) is 381 Å². The van der Waals surface area contributed by atoms with Crippen molar-refractivity contribution >= 4 is 39.5 Å². The molecule has 0 saturated heterocycles. The van der Waals surface area contributed by atoms with Crippen molar-refractivity contribution in [1.29, 1.82) is 0 Å². The van der Waals surface area contributed by atoms with E-state index in [1.807, 2.05) is 0 Å². The molecule has 0 spiro atoms. The summed E-state index contributed by atoms with van der Waals surface area (Å²) in [7, 11) is -9.92. The Labute approximate surface area is 573 Å². The molecule has 0 aromatic carbocycles. The second-order valence-electron chi connectivity index (χ2n) is 27.1. The number of allylic oxidation sites excluding steroid dienone is 4. The highest BCUT2D eigenvalue weighted by Crippen LogP contribution is 2.45. The van der Waals surface area contributed by atoms with Gasteiger partial charge < -0.3 is 33.8 Å². The molecule has 19 heteroatoms. The maximum Gasteiger partial charge on any atom is 0.472 e. The Bertz CT molecular complexity index is 1920. The van der Waals surface area contributed by atoms with Crippen molar-refractivity contribution in [1.82, 2.24) is 0 Å². The smallest absolute Gasteiger partial charge is 0.462 e. The largest absolute Gasteiger partial charge is 0.472 e. The van der Waals surface area contributed by atoms with Crippen LogP contribution in [0.5, 0.6) is 0 Å². The maximum absolute atomic E-state index is 13.1. The van der Waals surface area contributed by atoms with Crippen molar-refractivity contribution in [3.63, 3.8) is 0 Å². The first kappa shape index (κ1) is 91.5. The molecular formula is C75H142O17P2. The fraction of sp³-hybridized carbons (Fsp3) is 0.893. The first-order valence-electron chi connectivity index (χ1n) is 38.3. The monoisotopic (exact) mass is 1380 g/mol. The van der Waals surface area contributed by atoms with Crippen LogP contribution in [0.25, 0.3) is 0 Å². The van der Waals surface area contributed by atoms with Gasteiger partial charge in [0.1, 0.15) is 19.3 Å². The molecule has 0 aromatic rings. The van der Waals surface area contributed by atoms with E-state index in [-0.39, 0.29) is 25.7 Å². The summed E-state index contributed by atoms with van der Waals surface area (Å²) in [6.45, 7) is 9.51. The van der Waals surface area contributed by atoms with E-state index in [9.17, 15) is 43.2 Å². The number of phosphoric acid groups is 2. The molecule has 0 aliphatic heterocycles. The molecule has 0 heterocycles. The van der Waals surface area contributed by atoms with E-state index >= 15 is 0 Å². The van der Waals surface area contributed by atoms with E-state index < -0.39 is 97.5 Å². The topological polar surface area (TPSA) is 237 Å². The molecule has 0 radical (unpaired) electrons. The average Bonchev–Trinajstić information content (AvgIpc) is 1.93. The minimum atomic E-state index is -4.96. The van der Waals surface area contributed by atoms with Gasteiger partial charge in [0.15, 0.2) is 12.2 Å². The molecule has 0 aromatic heterocycles. The molecule has 3 unspecified atom stereocenters. The van der Waals surface area contributed by atoms with E-state index in [1.165, 1.54) is 154 Å². The summed E-state index contributed by atoms with van der Waals surface area (Å²) in [6.07, 6.45) is 56.3. The van der Waals surface area contributed by atoms with Crippen LogP contribution in [0.3, 0.4) is 0 Å². The molecule has 0 bridgehead atoms. The van der Waals surface area contributed by atoms with Crippen LogP contribution >= 0.6 is 15.6 Å². The van der Waals surface area contributed by atoms with Gasteiger partial charge in [-0.2, -0.15) is 0 Å². The van der Waals surface area contributed by atoms with Gasteiger partial charge in [-0.05, 0) is 63.2 Å². The summed E-state index contributed by atoms with van der Waals surface area (Å²) in [6, 6.07) is 0. The lowest BCUT2D eigenvalue weighted by atomic mass is 9.99. The zero-order valence-corrected chi connectivity index (χ0v) is 62.5. The minimum absolute atomic E-state index is 0.101. The third kappa shape index (κ3) is 66.8. The van der Waals surface area contributed by atoms with Crippen molar-refractivity contribution in [3.05, 3.63) is 24.3 Å². The number of rotatable bonds is 72. The lowest BCUT2D eigenvalue weighted by Gasteiger charge is -2.21. The van der Waals surface area contributed by atoms with Crippen LogP contribution in [-0.2, 0) is 65.4 Å². The summed E-state index contributed by atoms with van der Waals surface area (Å²) < 4.78 is 68.4. The van der Waals surface area contributed by atoms with Crippen molar-refractivity contribution < 1.29 is 80.2 Å². The van der Waals surface area contributed by atoms with Crippen LogP contribution < -0.4 is 0 Å². The fourth-order valence-electron chi connectivity index (χ4n) is 10.9. The van der Waals surface area contributed by atoms with Gasteiger partial charge in [-0.3, -0.25) is 37.3 Å². The van der Waals surface area contributed by atoms with E-state index in [2.05, 4.69) is 65.8 Å². The number of unbranched alkanes of at least 4 members (excludes halogenated alkanes) is 38. The molecule has 0 aliphatic rings. The predicted octanol–water partition coefficient (Wildman–Crippen LogP) is 21.5. The SMILES string of the molecule is CCCCCC/C=C\C=C/CCCCCCCC(=O)OC[C@H](COP(=O)(O)OC[C@@H](O)COP(=O)(O)OC[C@@H](COC(=O)CCCCCCCCCC(C)C)OC(=O)CCCCCCCCCCCCC)OC(=O)CCCCCCCCCCCCCCCCC(C)CC. The third-order valence-corrected chi connectivity index (χ3v) is 19.1. The number of ether oxygens (including phenoxy) is 4. The molecule has 0 amide bonds. The van der Waals surface area contributed by atoms with Crippen molar-refractivity contribution in [3.8, 4) is 0 Å². The summed E-state index contributed by atoms with van der Waals surface area (Å²) in [5.41, 5.74) is 0. The number of phosphoric ester groups is 2. The maximum atomic E-state index is 13.1. The summed E-state index contributed by atoms with van der Waals surface area (Å²) >= 11 is 0. The second kappa shape index (κ2) is 66.4. The molecule has 0 aliphatic carbocycles. The molecule has 0 saturated carbocycles. The van der Waals surface area contributed by atoms with Gasteiger partial charge in [-0.25, -0.2) is 9.13 Å². The van der Waals surface area contributed by atoms with Gasteiger partial charge in [0.05, 0.1) is 26.4 Å². The van der Waals surface area contributed by atoms with Gasteiger partial charge in [0, 0.05) is 25.7 Å². The van der Waals surface area contributed by atoms with Gasteiger partial charge in [0.25, 0.3) is 0 Å². The molecule has 17 nitrogen and oxygen atoms in total. The number of aliphatic hydroxyl groups is 1. The average molecular weight is 1380 g/mol. The van der Waals surface area contributed by atoms with Gasteiger partial charge in [0.2, 0.25) is 0 Å². The normalized spacial score (nSPS) is 14.5. The Kier molecular flexibility index (Phi) is 64.7. The predicted molar refractivity (Wildman–Crippen MR) is 381 cm³/mol. The number of esters is 4. The molecular weight excluding hydrogens is 1230 g/mol. The number of carbonyl (C=O) groups is 4. The molecule has 6 atom stereocenters. The van der Waals surface area contributed by atoms with Crippen LogP contribution in [0.15, 0.2) is 24.3 Å². The van der Waals surface area contributed by atoms with E-state index in [1.54, 1.807) is 0 Å². The second-order valence-corrected chi connectivity index (χ2v) is 30.0. The highest BCUT2D eigenvalue weighted by Gasteiger charge is 2.30. The molecule has 3 N–H and O–H groups in total. The summed E-state index contributed by atoms with van der Waals surface area (Å²) in [5.74, 6) is -0.601. The number of aliphatic hydroxyl groups excluding tert-OH is 1. The molecule has 0 fully saturated rings.